The Morgan fingerprint density at radius 2 is 1.97 bits per heavy atom. The Labute approximate surface area is 176 Å². The molecule has 160 valence electrons. The van der Waals surface area contributed by atoms with Crippen molar-refractivity contribution in [3.05, 3.63) is 58.3 Å². The third-order valence-corrected chi connectivity index (χ3v) is 5.13. The fraction of sp³-hybridized carbons (Fsp3) is 0.435. The summed E-state index contributed by atoms with van der Waals surface area (Å²) in [6.07, 6.45) is 4.36. The number of hydrogen-bond acceptors (Lipinski definition) is 5. The van der Waals surface area contributed by atoms with E-state index in [-0.39, 0.29) is 17.7 Å². The highest BCUT2D eigenvalue weighted by Crippen LogP contribution is 2.24. The molecular weight excluding hydrogens is 378 g/mol. The molecule has 2 aromatic heterocycles. The highest BCUT2D eigenvalue weighted by Gasteiger charge is 2.17. The number of hydrogen-bond donors (Lipinski definition) is 4. The Kier molecular flexibility index (Phi) is 6.84. The second kappa shape index (κ2) is 9.36. The monoisotopic (exact) mass is 409 g/mol. The van der Waals surface area contributed by atoms with Crippen molar-refractivity contribution in [1.29, 1.82) is 5.41 Å². The van der Waals surface area contributed by atoms with Crippen LogP contribution < -0.4 is 11.0 Å². The van der Waals surface area contributed by atoms with Gasteiger partial charge in [0.25, 0.3) is 0 Å². The standard InChI is InChI=1S/C23H31N5O2/c1-23(2,3)20-12-17-14-28(22(30)27-21(17)26-20)19-9-7-16(8-10-19)13-25-11-5-4-6-18(24)15-29/h7-10,12,14,24-25,29H,4-6,11,13,15H2,1-3H3,(H,26,27,30). The van der Waals surface area contributed by atoms with Crippen molar-refractivity contribution in [2.24, 2.45) is 0 Å². The molecule has 0 aliphatic rings. The van der Waals surface area contributed by atoms with Crippen LogP contribution in [0.4, 0.5) is 0 Å². The first kappa shape index (κ1) is 21.9. The molecule has 0 fully saturated rings. The number of aliphatic hydroxyl groups excluding tert-OH is 1. The minimum absolute atomic E-state index is 0.0379. The van der Waals surface area contributed by atoms with Crippen LogP contribution in [0.2, 0.25) is 0 Å². The van der Waals surface area contributed by atoms with Crippen molar-refractivity contribution >= 4 is 16.7 Å². The van der Waals surface area contributed by atoms with Gasteiger partial charge in [-0.1, -0.05) is 32.9 Å². The molecule has 3 rings (SSSR count). The fourth-order valence-corrected chi connectivity index (χ4v) is 3.26. The van der Waals surface area contributed by atoms with Crippen LogP contribution in [0.3, 0.4) is 0 Å². The van der Waals surface area contributed by atoms with Crippen molar-refractivity contribution in [2.45, 2.75) is 52.0 Å². The van der Waals surface area contributed by atoms with Crippen LogP contribution in [0.25, 0.3) is 16.7 Å². The maximum absolute atomic E-state index is 12.5. The molecule has 2 heterocycles. The minimum atomic E-state index is -0.302. The third-order valence-electron chi connectivity index (χ3n) is 5.13. The van der Waals surface area contributed by atoms with Crippen LogP contribution in [-0.4, -0.2) is 38.5 Å². The number of rotatable bonds is 9. The molecule has 0 amide bonds. The number of fused-ring (bicyclic) bond motifs is 1. The molecule has 0 bridgehead atoms. The summed E-state index contributed by atoms with van der Waals surface area (Å²) in [7, 11) is 0. The van der Waals surface area contributed by atoms with Crippen LogP contribution in [0, 0.1) is 5.41 Å². The molecule has 0 unspecified atom stereocenters. The second-order valence-electron chi connectivity index (χ2n) is 8.69. The Hall–Kier alpha value is -2.77. The van der Waals surface area contributed by atoms with Gasteiger partial charge >= 0.3 is 5.69 Å². The van der Waals surface area contributed by atoms with E-state index in [9.17, 15) is 4.79 Å². The van der Waals surface area contributed by atoms with E-state index < -0.39 is 0 Å². The lowest BCUT2D eigenvalue weighted by atomic mass is 9.92. The molecule has 4 N–H and O–H groups in total. The zero-order chi connectivity index (χ0) is 21.7. The number of nitrogens with one attached hydrogen (secondary N) is 3. The molecule has 1 aromatic carbocycles. The van der Waals surface area contributed by atoms with Gasteiger partial charge in [0.05, 0.1) is 12.3 Å². The van der Waals surface area contributed by atoms with Crippen molar-refractivity contribution in [3.8, 4) is 5.69 Å². The van der Waals surface area contributed by atoms with Gasteiger partial charge < -0.3 is 20.8 Å². The molecule has 0 spiro atoms. The van der Waals surface area contributed by atoms with Crippen LogP contribution in [0.5, 0.6) is 0 Å². The summed E-state index contributed by atoms with van der Waals surface area (Å²) in [5.74, 6) is 0. The highest BCUT2D eigenvalue weighted by atomic mass is 16.3. The molecule has 7 nitrogen and oxygen atoms in total. The first-order valence-corrected chi connectivity index (χ1v) is 10.4. The normalized spacial score (nSPS) is 11.9. The molecule has 3 aromatic rings. The first-order chi connectivity index (χ1) is 14.3. The fourth-order valence-electron chi connectivity index (χ4n) is 3.26. The number of nitrogens with zero attached hydrogens (tertiary/aromatic N) is 2. The van der Waals surface area contributed by atoms with Crippen molar-refractivity contribution < 1.29 is 5.11 Å². The van der Waals surface area contributed by atoms with Gasteiger partial charge in [0.15, 0.2) is 0 Å². The van der Waals surface area contributed by atoms with Crippen LogP contribution in [-0.2, 0) is 12.0 Å². The zero-order valence-electron chi connectivity index (χ0n) is 18.0. The van der Waals surface area contributed by atoms with Crippen LogP contribution >= 0.6 is 0 Å². The zero-order valence-corrected chi connectivity index (χ0v) is 18.0. The lowest BCUT2D eigenvalue weighted by Gasteiger charge is -2.15. The molecule has 0 saturated carbocycles. The largest absolute Gasteiger partial charge is 0.390 e. The van der Waals surface area contributed by atoms with Gasteiger partial charge in [-0.15, -0.1) is 0 Å². The first-order valence-electron chi connectivity index (χ1n) is 10.4. The van der Waals surface area contributed by atoms with Crippen molar-refractivity contribution in [2.75, 3.05) is 13.2 Å². The van der Waals surface area contributed by atoms with Crippen LogP contribution in [0.15, 0.2) is 41.3 Å². The second-order valence-corrected chi connectivity index (χ2v) is 8.69. The van der Waals surface area contributed by atoms with E-state index in [0.29, 0.717) is 17.8 Å². The highest BCUT2D eigenvalue weighted by molar-refractivity contribution is 5.82. The number of aromatic nitrogens is 3. The summed E-state index contributed by atoms with van der Waals surface area (Å²) in [6, 6.07) is 9.95. The molecule has 7 heteroatoms. The van der Waals surface area contributed by atoms with E-state index in [1.807, 2.05) is 30.5 Å². The van der Waals surface area contributed by atoms with Gasteiger partial charge in [0.1, 0.15) is 5.65 Å². The van der Waals surface area contributed by atoms with Crippen molar-refractivity contribution in [1.82, 2.24) is 19.9 Å². The van der Waals surface area contributed by atoms with Gasteiger partial charge in [-0.05, 0) is 49.6 Å². The topological polar surface area (TPSA) is 107 Å². The summed E-state index contributed by atoms with van der Waals surface area (Å²) >= 11 is 0. The minimum Gasteiger partial charge on any atom is -0.390 e. The summed E-state index contributed by atoms with van der Waals surface area (Å²) < 4.78 is 1.58. The number of unbranched alkanes of at least 4 members (excludes halogenated alkanes) is 1. The van der Waals surface area contributed by atoms with E-state index in [0.717, 1.165) is 48.3 Å². The van der Waals surface area contributed by atoms with E-state index in [1.54, 1.807) is 4.57 Å². The number of benzene rings is 1. The molecule has 30 heavy (non-hydrogen) atoms. The Morgan fingerprint density at radius 3 is 2.63 bits per heavy atom. The van der Waals surface area contributed by atoms with E-state index in [1.165, 1.54) is 0 Å². The van der Waals surface area contributed by atoms with Crippen LogP contribution in [0.1, 0.15) is 51.3 Å². The summed E-state index contributed by atoms with van der Waals surface area (Å²) in [5.41, 5.74) is 3.66. The average molecular weight is 410 g/mol. The SMILES string of the molecule is CC(C)(C)c1cc2cn(-c3ccc(CNCCCCC(=N)CO)cc3)c(=O)nc2[nH]1. The lowest BCUT2D eigenvalue weighted by molar-refractivity contribution is 0.353. The van der Waals surface area contributed by atoms with E-state index in [2.05, 4.69) is 42.1 Å². The maximum atomic E-state index is 12.5. The Balaban J connectivity index is 1.63. The number of H-pyrrole nitrogens is 1. The quantitative estimate of drug-likeness (QED) is 0.321. The number of aliphatic hydroxyl groups is 1. The molecule has 0 aliphatic carbocycles. The van der Waals surface area contributed by atoms with Gasteiger partial charge in [-0.2, -0.15) is 4.98 Å². The third kappa shape index (κ3) is 5.43. The molecule has 0 aliphatic heterocycles. The van der Waals surface area contributed by atoms with E-state index in [4.69, 9.17) is 10.5 Å². The Morgan fingerprint density at radius 1 is 1.23 bits per heavy atom. The predicted octanol–water partition coefficient (Wildman–Crippen LogP) is 3.28. The van der Waals surface area contributed by atoms with Gasteiger partial charge in [-0.25, -0.2) is 4.79 Å². The number of aromatic amines is 1. The predicted molar refractivity (Wildman–Crippen MR) is 121 cm³/mol. The Bertz CT molecular complexity index is 1060. The molecule has 0 radical (unpaired) electrons. The molecular formula is C23H31N5O2. The van der Waals surface area contributed by atoms with Gasteiger partial charge in [0, 0.05) is 34.9 Å². The smallest absolute Gasteiger partial charge is 0.354 e. The average Bonchev–Trinajstić information content (AvgIpc) is 3.13. The molecule has 0 saturated heterocycles. The van der Waals surface area contributed by atoms with Gasteiger partial charge in [-0.3, -0.25) is 4.57 Å². The summed E-state index contributed by atoms with van der Waals surface area (Å²) in [5, 5.41) is 20.6. The maximum Gasteiger partial charge on any atom is 0.354 e. The summed E-state index contributed by atoms with van der Waals surface area (Å²) in [6.45, 7) is 7.83. The van der Waals surface area contributed by atoms with Crippen molar-refractivity contribution in [3.63, 3.8) is 0 Å². The summed E-state index contributed by atoms with van der Waals surface area (Å²) in [4.78, 5) is 20.0. The van der Waals surface area contributed by atoms with E-state index >= 15 is 0 Å². The lowest BCUT2D eigenvalue weighted by Crippen LogP contribution is -2.20. The van der Waals surface area contributed by atoms with Gasteiger partial charge in [0.2, 0.25) is 0 Å². The molecule has 0 atom stereocenters.